The van der Waals surface area contributed by atoms with E-state index in [1.165, 1.54) is 0 Å². The van der Waals surface area contributed by atoms with Crippen LogP contribution in [0.3, 0.4) is 0 Å². The molecule has 0 aliphatic carbocycles. The number of rotatable bonds is 0. The zero-order valence-electron chi connectivity index (χ0n) is 6.44. The van der Waals surface area contributed by atoms with Crippen LogP contribution in [-0.4, -0.2) is 25.4 Å². The molecule has 70 valence electrons. The van der Waals surface area contributed by atoms with E-state index in [9.17, 15) is 4.20 Å². The third kappa shape index (κ3) is 1.86. The molecule has 3 nitrogen and oxygen atoms in total. The molecule has 0 bridgehead atoms. The van der Waals surface area contributed by atoms with E-state index in [1.807, 2.05) is 0 Å². The molecule has 2 saturated heterocycles. The van der Waals surface area contributed by atoms with E-state index in [0.717, 1.165) is 12.8 Å². The Morgan fingerprint density at radius 3 is 3.08 bits per heavy atom. The first-order chi connectivity index (χ1) is 5.67. The van der Waals surface area contributed by atoms with Gasteiger partial charge in [0.2, 0.25) is 0 Å². The maximum Gasteiger partial charge on any atom is 0.366 e. The van der Waals surface area contributed by atoms with Crippen LogP contribution in [0.25, 0.3) is 0 Å². The zero-order valence-corrected chi connectivity index (χ0v) is 8.15. The van der Waals surface area contributed by atoms with E-state index in [0.29, 0.717) is 6.61 Å². The second kappa shape index (κ2) is 3.31. The van der Waals surface area contributed by atoms with Gasteiger partial charge in [-0.1, -0.05) is 0 Å². The minimum atomic E-state index is -3.42. The van der Waals surface area contributed by atoms with Crippen molar-refractivity contribution in [3.63, 3.8) is 0 Å². The van der Waals surface area contributed by atoms with E-state index >= 15 is 0 Å². The van der Waals surface area contributed by atoms with Crippen LogP contribution in [-0.2, 0) is 25.6 Å². The van der Waals surface area contributed by atoms with Crippen LogP contribution in [0.5, 0.6) is 0 Å². The van der Waals surface area contributed by atoms with Gasteiger partial charge in [0, 0.05) is 6.61 Å². The highest BCUT2D eigenvalue weighted by atomic mass is 32.5. The Morgan fingerprint density at radius 2 is 2.25 bits per heavy atom. The molecule has 0 spiro atoms. The fraction of sp³-hybridized carbons (Fsp3) is 1.00. The zero-order chi connectivity index (χ0) is 8.60. The lowest BCUT2D eigenvalue weighted by atomic mass is 10.1. The number of fused-ring (bicyclic) bond motifs is 1. The SMILES string of the molecule is FP1(=S)OCC2OCCCC2O1. The molecule has 2 aliphatic heterocycles. The van der Waals surface area contributed by atoms with Gasteiger partial charge >= 0.3 is 6.80 Å². The number of ether oxygens (including phenoxy) is 1. The second-order valence-corrected chi connectivity index (χ2v) is 5.56. The molecule has 0 N–H and O–H groups in total. The van der Waals surface area contributed by atoms with Gasteiger partial charge in [0.15, 0.2) is 0 Å². The first-order valence-electron chi connectivity index (χ1n) is 3.92. The monoisotopic (exact) mass is 212 g/mol. The van der Waals surface area contributed by atoms with Gasteiger partial charge in [-0.05, 0) is 24.6 Å². The molecule has 0 saturated carbocycles. The minimum absolute atomic E-state index is 0.106. The molecule has 3 atom stereocenters. The van der Waals surface area contributed by atoms with Gasteiger partial charge in [-0.3, -0.25) is 4.52 Å². The average molecular weight is 212 g/mol. The summed E-state index contributed by atoms with van der Waals surface area (Å²) in [7, 11) is 0. The molecule has 6 heteroatoms. The highest BCUT2D eigenvalue weighted by molar-refractivity contribution is 8.07. The molecule has 2 aliphatic rings. The van der Waals surface area contributed by atoms with Crippen molar-refractivity contribution in [3.05, 3.63) is 0 Å². The Bertz CT molecular complexity index is 225. The summed E-state index contributed by atoms with van der Waals surface area (Å²) < 4.78 is 28.1. The Kier molecular flexibility index (Phi) is 2.49. The maximum atomic E-state index is 13.1. The van der Waals surface area contributed by atoms with Gasteiger partial charge in [-0.15, -0.1) is 0 Å². The summed E-state index contributed by atoms with van der Waals surface area (Å²) in [5, 5.41) is 0. The fourth-order valence-corrected chi connectivity index (χ4v) is 2.91. The normalized spacial score (nSPS) is 48.4. The predicted octanol–water partition coefficient (Wildman–Crippen LogP) is 1.77. The van der Waals surface area contributed by atoms with Crippen molar-refractivity contribution in [3.8, 4) is 0 Å². The molecule has 0 radical (unpaired) electrons. The maximum absolute atomic E-state index is 13.1. The first-order valence-corrected chi connectivity index (χ1v) is 6.44. The Morgan fingerprint density at radius 1 is 1.42 bits per heavy atom. The molecule has 0 aromatic carbocycles. The lowest BCUT2D eigenvalue weighted by molar-refractivity contribution is -0.106. The van der Waals surface area contributed by atoms with Gasteiger partial charge in [0.25, 0.3) is 0 Å². The van der Waals surface area contributed by atoms with Crippen molar-refractivity contribution >= 4 is 18.6 Å². The summed E-state index contributed by atoms with van der Waals surface area (Å²) in [6.45, 7) is -2.46. The molecular weight excluding hydrogens is 202 g/mol. The smallest absolute Gasteiger partial charge is 0.366 e. The number of halogens is 1. The van der Waals surface area contributed by atoms with Crippen LogP contribution in [0.2, 0.25) is 0 Å². The Balaban J connectivity index is 2.03. The van der Waals surface area contributed by atoms with Crippen molar-refractivity contribution in [2.75, 3.05) is 13.2 Å². The van der Waals surface area contributed by atoms with Crippen molar-refractivity contribution in [2.24, 2.45) is 0 Å². The minimum Gasteiger partial charge on any atom is -0.373 e. The quantitative estimate of drug-likeness (QED) is 0.572. The van der Waals surface area contributed by atoms with Crippen LogP contribution in [0.1, 0.15) is 12.8 Å². The van der Waals surface area contributed by atoms with Gasteiger partial charge in [0.1, 0.15) is 6.10 Å². The summed E-state index contributed by atoms with van der Waals surface area (Å²) in [6, 6.07) is 0. The van der Waals surface area contributed by atoms with Crippen molar-refractivity contribution < 1.29 is 18.0 Å². The highest BCUT2D eigenvalue weighted by Crippen LogP contribution is 2.55. The van der Waals surface area contributed by atoms with Crippen LogP contribution < -0.4 is 0 Å². The standard InChI is InChI=1S/C6H10FO3PS/c7-11(12)9-4-6-5(10-11)2-1-3-8-6/h5-6H,1-4H2. The average Bonchev–Trinajstić information content (AvgIpc) is 2.02. The molecule has 0 aromatic rings. The topological polar surface area (TPSA) is 27.7 Å². The van der Waals surface area contributed by atoms with Gasteiger partial charge < -0.3 is 9.26 Å². The Labute approximate surface area is 75.5 Å². The first kappa shape index (κ1) is 9.03. The van der Waals surface area contributed by atoms with Gasteiger partial charge in [-0.2, -0.15) is 4.20 Å². The molecule has 2 heterocycles. The van der Waals surface area contributed by atoms with Crippen LogP contribution >= 0.6 is 6.80 Å². The van der Waals surface area contributed by atoms with Gasteiger partial charge in [-0.25, -0.2) is 0 Å². The molecule has 3 unspecified atom stereocenters. The highest BCUT2D eigenvalue weighted by Gasteiger charge is 2.38. The molecular formula is C6H10FO3PS. The summed E-state index contributed by atoms with van der Waals surface area (Å²) in [4.78, 5) is 0. The third-order valence-electron chi connectivity index (χ3n) is 2.03. The van der Waals surface area contributed by atoms with Crippen molar-refractivity contribution in [1.29, 1.82) is 0 Å². The summed E-state index contributed by atoms with van der Waals surface area (Å²) in [5.74, 6) is 0. The van der Waals surface area contributed by atoms with Crippen LogP contribution in [0.15, 0.2) is 0 Å². The van der Waals surface area contributed by atoms with E-state index in [1.54, 1.807) is 0 Å². The second-order valence-electron chi connectivity index (χ2n) is 2.92. The number of hydrogen-bond donors (Lipinski definition) is 0. The van der Waals surface area contributed by atoms with E-state index < -0.39 is 6.80 Å². The molecule has 12 heavy (non-hydrogen) atoms. The third-order valence-corrected chi connectivity index (χ3v) is 3.59. The fourth-order valence-electron chi connectivity index (χ4n) is 1.44. The van der Waals surface area contributed by atoms with Crippen LogP contribution in [0, 0.1) is 0 Å². The summed E-state index contributed by atoms with van der Waals surface area (Å²) in [5.41, 5.74) is 0. The summed E-state index contributed by atoms with van der Waals surface area (Å²) in [6.07, 6.45) is 1.46. The lowest BCUT2D eigenvalue weighted by Gasteiger charge is -2.37. The van der Waals surface area contributed by atoms with E-state index in [4.69, 9.17) is 13.8 Å². The summed E-state index contributed by atoms with van der Waals surface area (Å²) >= 11 is 4.51. The van der Waals surface area contributed by atoms with Crippen molar-refractivity contribution in [1.82, 2.24) is 0 Å². The van der Waals surface area contributed by atoms with Gasteiger partial charge in [0.05, 0.1) is 12.7 Å². The largest absolute Gasteiger partial charge is 0.373 e. The lowest BCUT2D eigenvalue weighted by Crippen LogP contribution is -2.41. The van der Waals surface area contributed by atoms with Crippen LogP contribution in [0.4, 0.5) is 4.20 Å². The number of hydrogen-bond acceptors (Lipinski definition) is 4. The molecule has 2 rings (SSSR count). The van der Waals surface area contributed by atoms with E-state index in [2.05, 4.69) is 11.8 Å². The molecule has 2 fully saturated rings. The molecule has 0 amide bonds. The molecule has 0 aromatic heterocycles. The van der Waals surface area contributed by atoms with E-state index in [-0.39, 0.29) is 18.8 Å². The van der Waals surface area contributed by atoms with Crippen molar-refractivity contribution in [2.45, 2.75) is 25.0 Å². The Hall–Kier alpha value is 0.460. The predicted molar refractivity (Wildman–Crippen MR) is 45.2 cm³/mol.